The van der Waals surface area contributed by atoms with Crippen LogP contribution in [0.4, 0.5) is 5.69 Å². The van der Waals surface area contributed by atoms with Crippen molar-refractivity contribution in [2.24, 2.45) is 0 Å². The van der Waals surface area contributed by atoms with Crippen LogP contribution in [0.15, 0.2) is 18.2 Å². The van der Waals surface area contributed by atoms with Crippen molar-refractivity contribution in [3.63, 3.8) is 0 Å². The van der Waals surface area contributed by atoms with Gasteiger partial charge in [-0.15, -0.1) is 6.42 Å². The van der Waals surface area contributed by atoms with Crippen molar-refractivity contribution in [2.75, 3.05) is 11.9 Å². The normalized spacial score (nSPS) is 15.4. The number of nitrogens with one attached hydrogen (secondary N) is 1. The summed E-state index contributed by atoms with van der Waals surface area (Å²) in [5.41, 5.74) is 1.15. The van der Waals surface area contributed by atoms with Crippen LogP contribution in [0.2, 0.25) is 0 Å². The van der Waals surface area contributed by atoms with Gasteiger partial charge in [0, 0.05) is 11.1 Å². The van der Waals surface area contributed by atoms with Crippen LogP contribution in [0.3, 0.4) is 0 Å². The molecule has 19 heavy (non-hydrogen) atoms. The number of amides is 2. The zero-order valence-corrected chi connectivity index (χ0v) is 11.3. The second-order valence-corrected chi connectivity index (χ2v) is 5.51. The molecule has 0 radical (unpaired) electrons. The number of fused-ring (bicyclic) bond motifs is 1. The second-order valence-electron chi connectivity index (χ2n) is 5.51. The van der Waals surface area contributed by atoms with Crippen LogP contribution in [0, 0.1) is 12.3 Å². The first-order valence-electron chi connectivity index (χ1n) is 6.05. The fraction of sp³-hybridized carbons (Fsp3) is 0.333. The predicted octanol–water partition coefficient (Wildman–Crippen LogP) is 1.86. The van der Waals surface area contributed by atoms with Crippen LogP contribution in [0.1, 0.15) is 36.7 Å². The van der Waals surface area contributed by atoms with E-state index in [2.05, 4.69) is 11.2 Å². The first-order valence-corrected chi connectivity index (χ1v) is 6.05. The summed E-state index contributed by atoms with van der Waals surface area (Å²) >= 11 is 0. The highest BCUT2D eigenvalue weighted by Gasteiger charge is 2.33. The Bertz CT molecular complexity index is 591. The average molecular weight is 256 g/mol. The summed E-state index contributed by atoms with van der Waals surface area (Å²) in [6, 6.07) is 5.02. The van der Waals surface area contributed by atoms with Crippen LogP contribution in [-0.4, -0.2) is 28.8 Å². The van der Waals surface area contributed by atoms with Gasteiger partial charge in [-0.25, -0.2) is 0 Å². The van der Waals surface area contributed by atoms with Gasteiger partial charge in [-0.05, 0) is 39.0 Å². The molecule has 0 aliphatic carbocycles. The number of hydrogen-bond donors (Lipinski definition) is 1. The highest BCUT2D eigenvalue weighted by molar-refractivity contribution is 6.09. The van der Waals surface area contributed by atoms with E-state index in [0.717, 1.165) is 0 Å². The molecule has 0 atom stereocenters. The van der Waals surface area contributed by atoms with E-state index in [1.54, 1.807) is 23.1 Å². The molecule has 98 valence electrons. The number of rotatable bonds is 0. The minimum Gasteiger partial charge on any atom is -0.324 e. The van der Waals surface area contributed by atoms with Gasteiger partial charge in [-0.2, -0.15) is 0 Å². The van der Waals surface area contributed by atoms with Gasteiger partial charge in [0.05, 0.1) is 11.3 Å². The molecule has 1 aromatic carbocycles. The van der Waals surface area contributed by atoms with Crippen LogP contribution < -0.4 is 5.32 Å². The number of terminal acetylenes is 1. The van der Waals surface area contributed by atoms with E-state index in [1.165, 1.54) is 0 Å². The average Bonchev–Trinajstić information content (AvgIpc) is 2.46. The van der Waals surface area contributed by atoms with E-state index in [0.29, 0.717) is 16.8 Å². The predicted molar refractivity (Wildman–Crippen MR) is 73.8 cm³/mol. The molecule has 2 amide bonds. The van der Waals surface area contributed by atoms with Gasteiger partial charge in [-0.1, -0.05) is 5.92 Å². The fourth-order valence-electron chi connectivity index (χ4n) is 2.01. The standard InChI is InChI=1S/C15H16N2O2/c1-5-10-6-7-12-11(8-10)14(19)17(15(2,3)4)9-13(18)16-12/h1,6-8H,9H2,2-4H3,(H,16,18). The van der Waals surface area contributed by atoms with Gasteiger partial charge in [0.2, 0.25) is 5.91 Å². The summed E-state index contributed by atoms with van der Waals surface area (Å²) in [6.07, 6.45) is 5.35. The van der Waals surface area contributed by atoms with Gasteiger partial charge < -0.3 is 10.2 Å². The van der Waals surface area contributed by atoms with Crippen molar-refractivity contribution in [1.29, 1.82) is 0 Å². The van der Waals surface area contributed by atoms with E-state index >= 15 is 0 Å². The fourth-order valence-corrected chi connectivity index (χ4v) is 2.01. The molecule has 4 nitrogen and oxygen atoms in total. The molecule has 0 bridgehead atoms. The summed E-state index contributed by atoms with van der Waals surface area (Å²) < 4.78 is 0. The molecule has 0 fully saturated rings. The molecule has 0 unspecified atom stereocenters. The third kappa shape index (κ3) is 2.45. The minimum absolute atomic E-state index is 0.0440. The lowest BCUT2D eigenvalue weighted by Gasteiger charge is -2.33. The lowest BCUT2D eigenvalue weighted by atomic mass is 10.0. The van der Waals surface area contributed by atoms with Crippen molar-refractivity contribution in [3.8, 4) is 12.3 Å². The van der Waals surface area contributed by atoms with Crippen LogP contribution >= 0.6 is 0 Å². The lowest BCUT2D eigenvalue weighted by molar-refractivity contribution is -0.117. The molecule has 1 aromatic rings. The molecule has 0 saturated heterocycles. The molecule has 1 aliphatic rings. The molecule has 2 rings (SSSR count). The Morgan fingerprint density at radius 2 is 2.00 bits per heavy atom. The van der Waals surface area contributed by atoms with Crippen molar-refractivity contribution < 1.29 is 9.59 Å². The SMILES string of the molecule is C#Cc1ccc2c(c1)C(=O)N(C(C)(C)C)CC(=O)N2. The zero-order valence-electron chi connectivity index (χ0n) is 11.3. The Balaban J connectivity index is 2.56. The lowest BCUT2D eigenvalue weighted by Crippen LogP contribution is -2.47. The third-order valence-electron chi connectivity index (χ3n) is 3.05. The molecule has 0 spiro atoms. The van der Waals surface area contributed by atoms with Gasteiger partial charge >= 0.3 is 0 Å². The molecular weight excluding hydrogens is 240 g/mol. The maximum Gasteiger partial charge on any atom is 0.256 e. The van der Waals surface area contributed by atoms with Gasteiger partial charge in [0.15, 0.2) is 0 Å². The molecule has 0 aromatic heterocycles. The molecule has 1 N–H and O–H groups in total. The van der Waals surface area contributed by atoms with Crippen LogP contribution in [0.25, 0.3) is 0 Å². The number of hydrogen-bond acceptors (Lipinski definition) is 2. The van der Waals surface area contributed by atoms with Crippen molar-refractivity contribution in [1.82, 2.24) is 4.90 Å². The second kappa shape index (κ2) is 4.43. The first-order chi connectivity index (χ1) is 8.82. The Kier molecular flexibility index (Phi) is 3.07. The van der Waals surface area contributed by atoms with Crippen molar-refractivity contribution in [3.05, 3.63) is 29.3 Å². The largest absolute Gasteiger partial charge is 0.324 e. The highest BCUT2D eigenvalue weighted by atomic mass is 16.2. The number of carbonyl (C=O) groups is 2. The van der Waals surface area contributed by atoms with E-state index in [9.17, 15) is 9.59 Å². The zero-order chi connectivity index (χ0) is 14.2. The summed E-state index contributed by atoms with van der Waals surface area (Å²) in [6.45, 7) is 5.74. The van der Waals surface area contributed by atoms with E-state index < -0.39 is 5.54 Å². The Morgan fingerprint density at radius 1 is 1.32 bits per heavy atom. The smallest absolute Gasteiger partial charge is 0.256 e. The Labute approximate surface area is 112 Å². The topological polar surface area (TPSA) is 49.4 Å². The van der Waals surface area contributed by atoms with Crippen LogP contribution in [-0.2, 0) is 4.79 Å². The van der Waals surface area contributed by atoms with E-state index in [4.69, 9.17) is 6.42 Å². The molecular formula is C15H16N2O2. The molecule has 1 aliphatic heterocycles. The summed E-state index contributed by atoms with van der Waals surface area (Å²) in [5, 5.41) is 2.74. The number of nitrogens with zero attached hydrogens (tertiary/aromatic N) is 1. The molecule has 0 saturated carbocycles. The van der Waals surface area contributed by atoms with Gasteiger partial charge in [0.25, 0.3) is 5.91 Å². The highest BCUT2D eigenvalue weighted by Crippen LogP contribution is 2.26. The van der Waals surface area contributed by atoms with Crippen molar-refractivity contribution in [2.45, 2.75) is 26.3 Å². The maximum atomic E-state index is 12.6. The Hall–Kier alpha value is -2.28. The summed E-state index contributed by atoms with van der Waals surface area (Å²) in [4.78, 5) is 26.0. The van der Waals surface area contributed by atoms with Crippen molar-refractivity contribution >= 4 is 17.5 Å². The number of anilines is 1. The monoisotopic (exact) mass is 256 g/mol. The third-order valence-corrected chi connectivity index (χ3v) is 3.05. The van der Waals surface area contributed by atoms with E-state index in [-0.39, 0.29) is 18.4 Å². The quantitative estimate of drug-likeness (QED) is 0.720. The molecule has 1 heterocycles. The van der Waals surface area contributed by atoms with Gasteiger partial charge in [0.1, 0.15) is 6.54 Å². The number of carbonyl (C=O) groups excluding carboxylic acids is 2. The molecule has 4 heteroatoms. The van der Waals surface area contributed by atoms with E-state index in [1.807, 2.05) is 20.8 Å². The first kappa shape index (κ1) is 13.2. The maximum absolute atomic E-state index is 12.6. The Morgan fingerprint density at radius 3 is 2.58 bits per heavy atom. The van der Waals surface area contributed by atoms with Crippen LogP contribution in [0.5, 0.6) is 0 Å². The minimum atomic E-state index is -0.428. The number of benzene rings is 1. The van der Waals surface area contributed by atoms with Gasteiger partial charge in [-0.3, -0.25) is 9.59 Å². The summed E-state index contributed by atoms with van der Waals surface area (Å²) in [7, 11) is 0. The summed E-state index contributed by atoms with van der Waals surface area (Å²) in [5.74, 6) is 2.12.